The second-order valence-electron chi connectivity index (χ2n) is 4.80. The molecule has 2 aromatic rings. The van der Waals surface area contributed by atoms with E-state index in [1.807, 2.05) is 7.05 Å². The van der Waals surface area contributed by atoms with Gasteiger partial charge in [-0.15, -0.1) is 11.3 Å². The summed E-state index contributed by atoms with van der Waals surface area (Å²) < 4.78 is 1.16. The Kier molecular flexibility index (Phi) is 4.76. The number of hydrogen-bond donors (Lipinski definition) is 1. The summed E-state index contributed by atoms with van der Waals surface area (Å²) in [5, 5.41) is 4.60. The van der Waals surface area contributed by atoms with Crippen molar-refractivity contribution in [3.63, 3.8) is 0 Å². The van der Waals surface area contributed by atoms with Gasteiger partial charge in [-0.2, -0.15) is 0 Å². The number of hydrogen-bond acceptors (Lipinski definition) is 3. The maximum Gasteiger partial charge on any atom is 0.0949 e. The van der Waals surface area contributed by atoms with Gasteiger partial charge < -0.3 is 5.32 Å². The van der Waals surface area contributed by atoms with E-state index in [0.717, 1.165) is 16.6 Å². The van der Waals surface area contributed by atoms with E-state index in [-0.39, 0.29) is 0 Å². The molecule has 1 unspecified atom stereocenters. The van der Waals surface area contributed by atoms with Crippen LogP contribution in [0.2, 0.25) is 0 Å². The molecule has 0 spiro atoms. The molecule has 0 aliphatic carbocycles. The highest BCUT2D eigenvalue weighted by molar-refractivity contribution is 9.10. The molecule has 0 bridgehead atoms. The summed E-state index contributed by atoms with van der Waals surface area (Å²) in [6.07, 6.45) is 0.941. The first-order chi connectivity index (χ1) is 9.01. The second kappa shape index (κ2) is 6.16. The third-order valence-corrected chi connectivity index (χ3v) is 5.37. The van der Waals surface area contributed by atoms with E-state index in [2.05, 4.69) is 65.2 Å². The van der Waals surface area contributed by atoms with Gasteiger partial charge in [0.1, 0.15) is 0 Å². The Hall–Kier alpha value is -0.710. The highest BCUT2D eigenvalue weighted by Crippen LogP contribution is 2.26. The monoisotopic (exact) mass is 338 g/mol. The first kappa shape index (κ1) is 14.7. The highest BCUT2D eigenvalue weighted by Gasteiger charge is 2.14. The zero-order valence-corrected chi connectivity index (χ0v) is 14.2. The van der Waals surface area contributed by atoms with Gasteiger partial charge in [0.25, 0.3) is 0 Å². The molecule has 1 aromatic carbocycles. The van der Waals surface area contributed by atoms with Crippen LogP contribution in [-0.2, 0) is 6.42 Å². The minimum absolute atomic E-state index is 0.316. The maximum absolute atomic E-state index is 4.63. The normalized spacial score (nSPS) is 12.7. The van der Waals surface area contributed by atoms with Crippen molar-refractivity contribution in [1.82, 2.24) is 10.3 Å². The first-order valence-corrected chi connectivity index (χ1v) is 7.98. The van der Waals surface area contributed by atoms with Crippen molar-refractivity contribution in [2.75, 3.05) is 7.05 Å². The molecule has 2 rings (SSSR count). The van der Waals surface area contributed by atoms with Crippen molar-refractivity contribution in [3.8, 4) is 0 Å². The van der Waals surface area contributed by atoms with E-state index in [1.54, 1.807) is 11.3 Å². The van der Waals surface area contributed by atoms with Crippen LogP contribution in [0.1, 0.15) is 32.7 Å². The fraction of sp³-hybridized carbons (Fsp3) is 0.400. The molecule has 19 heavy (non-hydrogen) atoms. The van der Waals surface area contributed by atoms with E-state index in [0.29, 0.717) is 6.04 Å². The third kappa shape index (κ3) is 3.44. The number of aromatic nitrogens is 1. The van der Waals surface area contributed by atoms with Gasteiger partial charge in [-0.1, -0.05) is 28.1 Å². The number of benzene rings is 1. The second-order valence-corrected chi connectivity index (χ2v) is 6.95. The third-order valence-electron chi connectivity index (χ3n) is 3.38. The Labute approximate surface area is 127 Å². The van der Waals surface area contributed by atoms with Crippen LogP contribution in [0.25, 0.3) is 0 Å². The number of halogens is 1. The summed E-state index contributed by atoms with van der Waals surface area (Å²) in [7, 11) is 2.01. The SMILES string of the molecule is CNC(Cc1nc(C)c(C)s1)c1ccc(Br)c(C)c1. The van der Waals surface area contributed by atoms with Gasteiger partial charge in [0.05, 0.1) is 10.7 Å². The van der Waals surface area contributed by atoms with Crippen molar-refractivity contribution < 1.29 is 0 Å². The summed E-state index contributed by atoms with van der Waals surface area (Å²) >= 11 is 5.35. The Morgan fingerprint density at radius 1 is 1.32 bits per heavy atom. The molecule has 1 aromatic heterocycles. The van der Waals surface area contributed by atoms with Gasteiger partial charge in [0, 0.05) is 21.8 Å². The van der Waals surface area contributed by atoms with Crippen LogP contribution in [0.3, 0.4) is 0 Å². The molecule has 0 aliphatic heterocycles. The highest BCUT2D eigenvalue weighted by atomic mass is 79.9. The Morgan fingerprint density at radius 2 is 2.05 bits per heavy atom. The molecule has 0 radical (unpaired) electrons. The van der Waals surface area contributed by atoms with Crippen LogP contribution in [0.5, 0.6) is 0 Å². The van der Waals surface area contributed by atoms with Gasteiger partial charge in [0.15, 0.2) is 0 Å². The molecule has 102 valence electrons. The molecule has 2 nitrogen and oxygen atoms in total. The van der Waals surface area contributed by atoms with E-state index < -0.39 is 0 Å². The molecule has 0 saturated heterocycles. The summed E-state index contributed by atoms with van der Waals surface area (Å²) in [6.45, 7) is 6.33. The van der Waals surface area contributed by atoms with Crippen LogP contribution in [0, 0.1) is 20.8 Å². The average Bonchev–Trinajstić information content (AvgIpc) is 2.69. The van der Waals surface area contributed by atoms with Gasteiger partial charge in [0.2, 0.25) is 0 Å². The molecule has 4 heteroatoms. The quantitative estimate of drug-likeness (QED) is 0.897. The molecule has 1 heterocycles. The predicted molar refractivity (Wildman–Crippen MR) is 86.0 cm³/mol. The first-order valence-electron chi connectivity index (χ1n) is 6.37. The summed E-state index contributed by atoms with van der Waals surface area (Å²) in [4.78, 5) is 5.95. The van der Waals surface area contributed by atoms with Crippen molar-refractivity contribution >= 4 is 27.3 Å². The maximum atomic E-state index is 4.63. The van der Waals surface area contributed by atoms with Crippen LogP contribution in [0.4, 0.5) is 0 Å². The van der Waals surface area contributed by atoms with Crippen molar-refractivity contribution in [1.29, 1.82) is 0 Å². The standard InChI is InChI=1S/C15H19BrN2S/c1-9-7-12(5-6-13(9)16)14(17-4)8-15-18-10(2)11(3)19-15/h5-7,14,17H,8H2,1-4H3. The van der Waals surface area contributed by atoms with Gasteiger partial charge in [-0.25, -0.2) is 4.98 Å². The fourth-order valence-electron chi connectivity index (χ4n) is 2.07. The van der Waals surface area contributed by atoms with Crippen LogP contribution in [-0.4, -0.2) is 12.0 Å². The number of nitrogens with one attached hydrogen (secondary N) is 1. The van der Waals surface area contributed by atoms with Crippen LogP contribution >= 0.6 is 27.3 Å². The van der Waals surface area contributed by atoms with Gasteiger partial charge in [-0.3, -0.25) is 0 Å². The zero-order valence-electron chi connectivity index (χ0n) is 11.7. The molecule has 1 N–H and O–H groups in total. The smallest absolute Gasteiger partial charge is 0.0949 e. The number of thiazole rings is 1. The van der Waals surface area contributed by atoms with E-state index >= 15 is 0 Å². The minimum atomic E-state index is 0.316. The van der Waals surface area contributed by atoms with Crippen molar-refractivity contribution in [2.24, 2.45) is 0 Å². The summed E-state index contributed by atoms with van der Waals surface area (Å²) in [5.41, 5.74) is 3.74. The number of aryl methyl sites for hydroxylation is 3. The lowest BCUT2D eigenvalue weighted by Crippen LogP contribution is -2.18. The fourth-order valence-corrected chi connectivity index (χ4v) is 3.30. The molecular weight excluding hydrogens is 320 g/mol. The number of rotatable bonds is 4. The molecular formula is C15H19BrN2S. The van der Waals surface area contributed by atoms with E-state index in [1.165, 1.54) is 21.0 Å². The van der Waals surface area contributed by atoms with E-state index in [4.69, 9.17) is 0 Å². The molecule has 0 aliphatic rings. The predicted octanol–water partition coefficient (Wildman–Crippen LogP) is 4.33. The summed E-state index contributed by atoms with van der Waals surface area (Å²) in [6, 6.07) is 6.84. The lowest BCUT2D eigenvalue weighted by Gasteiger charge is -2.16. The Balaban J connectivity index is 2.22. The lowest BCUT2D eigenvalue weighted by atomic mass is 10.0. The van der Waals surface area contributed by atoms with Crippen LogP contribution in [0.15, 0.2) is 22.7 Å². The summed E-state index contributed by atoms with van der Waals surface area (Å²) in [5.74, 6) is 0. The zero-order chi connectivity index (χ0) is 14.0. The van der Waals surface area contributed by atoms with Crippen molar-refractivity contribution in [2.45, 2.75) is 33.2 Å². The minimum Gasteiger partial charge on any atom is -0.313 e. The number of nitrogens with zero attached hydrogens (tertiary/aromatic N) is 1. The lowest BCUT2D eigenvalue weighted by molar-refractivity contribution is 0.589. The largest absolute Gasteiger partial charge is 0.313 e. The van der Waals surface area contributed by atoms with Gasteiger partial charge >= 0.3 is 0 Å². The van der Waals surface area contributed by atoms with Crippen LogP contribution < -0.4 is 5.32 Å². The number of likely N-dealkylation sites (N-methyl/N-ethyl adjacent to an activating group) is 1. The Bertz CT molecular complexity index is 558. The molecule has 0 fully saturated rings. The average molecular weight is 339 g/mol. The molecule has 0 amide bonds. The molecule has 0 saturated carbocycles. The topological polar surface area (TPSA) is 24.9 Å². The van der Waals surface area contributed by atoms with Gasteiger partial charge in [-0.05, 0) is 45.0 Å². The van der Waals surface area contributed by atoms with E-state index in [9.17, 15) is 0 Å². The van der Waals surface area contributed by atoms with Crippen molar-refractivity contribution in [3.05, 3.63) is 49.4 Å². The Morgan fingerprint density at radius 3 is 2.58 bits per heavy atom. The molecule has 1 atom stereocenters.